The van der Waals surface area contributed by atoms with Crippen LogP contribution in [0.25, 0.3) is 0 Å². The summed E-state index contributed by atoms with van der Waals surface area (Å²) in [7, 11) is 0. The van der Waals surface area contributed by atoms with Crippen molar-refractivity contribution in [2.24, 2.45) is 17.6 Å². The number of halogens is 1. The van der Waals surface area contributed by atoms with Gasteiger partial charge in [-0.1, -0.05) is 34.1 Å². The minimum atomic E-state index is -0.323. The number of carbonyl (C=O) groups is 1. The first kappa shape index (κ1) is 18.1. The number of nitrogens with two attached hydrogens (primary N) is 1. The van der Waals surface area contributed by atoms with E-state index in [0.29, 0.717) is 11.2 Å². The first-order valence-corrected chi connectivity index (χ1v) is 7.68. The molecule has 2 N–H and O–H groups in total. The van der Waals surface area contributed by atoms with Crippen molar-refractivity contribution in [3.63, 3.8) is 0 Å². The van der Waals surface area contributed by atoms with Crippen LogP contribution in [0.4, 0.5) is 0 Å². The lowest BCUT2D eigenvalue weighted by Gasteiger charge is -2.36. The van der Waals surface area contributed by atoms with Crippen molar-refractivity contribution in [2.75, 3.05) is 18.8 Å². The zero-order valence-corrected chi connectivity index (χ0v) is 13.5. The van der Waals surface area contributed by atoms with Crippen LogP contribution in [0.3, 0.4) is 0 Å². The van der Waals surface area contributed by atoms with Gasteiger partial charge in [-0.25, -0.2) is 0 Å². The van der Waals surface area contributed by atoms with Crippen molar-refractivity contribution in [3.05, 3.63) is 0 Å². The lowest BCUT2D eigenvalue weighted by molar-refractivity contribution is -0.133. The number of rotatable bonds is 4. The predicted molar refractivity (Wildman–Crippen MR) is 82.3 cm³/mol. The third-order valence-corrected chi connectivity index (χ3v) is 5.23. The summed E-state index contributed by atoms with van der Waals surface area (Å²) < 4.78 is 0. The molecule has 0 spiro atoms. The van der Waals surface area contributed by atoms with Crippen LogP contribution in [0.15, 0.2) is 0 Å². The molecule has 18 heavy (non-hydrogen) atoms. The summed E-state index contributed by atoms with van der Waals surface area (Å²) >= 11 is 1.98. The van der Waals surface area contributed by atoms with Gasteiger partial charge in [-0.05, 0) is 11.8 Å². The quantitative estimate of drug-likeness (QED) is 0.866. The van der Waals surface area contributed by atoms with E-state index in [2.05, 4.69) is 27.7 Å². The molecule has 1 saturated heterocycles. The molecule has 5 heteroatoms. The Morgan fingerprint density at radius 1 is 1.44 bits per heavy atom. The predicted octanol–water partition coefficient (Wildman–Crippen LogP) is 2.38. The highest BCUT2D eigenvalue weighted by atomic mass is 35.5. The van der Waals surface area contributed by atoms with Gasteiger partial charge in [0.2, 0.25) is 5.91 Å². The summed E-state index contributed by atoms with van der Waals surface area (Å²) in [5, 5.41) is 0.567. The summed E-state index contributed by atoms with van der Waals surface area (Å²) in [4.78, 5) is 14.2. The maximum absolute atomic E-state index is 12.3. The molecule has 3 nitrogen and oxygen atoms in total. The normalized spacial score (nSPS) is 23.4. The van der Waals surface area contributed by atoms with E-state index in [-0.39, 0.29) is 30.3 Å². The van der Waals surface area contributed by atoms with Crippen molar-refractivity contribution in [1.29, 1.82) is 0 Å². The number of hydrogen-bond donors (Lipinski definition) is 1. The molecule has 1 aliphatic rings. The molecule has 1 heterocycles. The molecule has 1 amide bonds. The van der Waals surface area contributed by atoms with E-state index in [4.69, 9.17) is 5.73 Å². The molecule has 108 valence electrons. The minimum absolute atomic E-state index is 0. The molecule has 1 rings (SSSR count). The Hall–Kier alpha value is 0.0700. The molecule has 1 aliphatic heterocycles. The Balaban J connectivity index is 0.00000289. The summed E-state index contributed by atoms with van der Waals surface area (Å²) in [5.74, 6) is 2.08. The smallest absolute Gasteiger partial charge is 0.239 e. The van der Waals surface area contributed by atoms with Gasteiger partial charge in [0.05, 0.1) is 6.04 Å². The van der Waals surface area contributed by atoms with Gasteiger partial charge < -0.3 is 10.6 Å². The molecule has 3 atom stereocenters. The van der Waals surface area contributed by atoms with Crippen molar-refractivity contribution in [1.82, 2.24) is 4.90 Å². The lowest BCUT2D eigenvalue weighted by atomic mass is 9.98. The van der Waals surface area contributed by atoms with E-state index >= 15 is 0 Å². The minimum Gasteiger partial charge on any atom is -0.339 e. The maximum Gasteiger partial charge on any atom is 0.239 e. The molecule has 0 aromatic carbocycles. The number of amides is 1. The number of hydrogen-bond acceptors (Lipinski definition) is 3. The van der Waals surface area contributed by atoms with Crippen molar-refractivity contribution < 1.29 is 4.79 Å². The monoisotopic (exact) mass is 294 g/mol. The number of carbonyl (C=O) groups excluding carboxylic acids is 1. The topological polar surface area (TPSA) is 46.3 Å². The average molecular weight is 295 g/mol. The second-order valence-corrected chi connectivity index (χ2v) is 6.70. The van der Waals surface area contributed by atoms with Gasteiger partial charge in [0, 0.05) is 24.1 Å². The van der Waals surface area contributed by atoms with Crippen LogP contribution >= 0.6 is 24.2 Å². The molecular weight excluding hydrogens is 268 g/mol. The Morgan fingerprint density at radius 3 is 2.56 bits per heavy atom. The first-order valence-electron chi connectivity index (χ1n) is 6.63. The maximum atomic E-state index is 12.3. The van der Waals surface area contributed by atoms with E-state index in [0.717, 1.165) is 25.3 Å². The van der Waals surface area contributed by atoms with Gasteiger partial charge in [-0.2, -0.15) is 11.8 Å². The average Bonchev–Trinajstić information content (AvgIpc) is 2.36. The number of thioether (sulfide) groups is 1. The molecule has 0 saturated carbocycles. The third kappa shape index (κ3) is 4.63. The van der Waals surface area contributed by atoms with Crippen LogP contribution < -0.4 is 5.73 Å². The Bertz CT molecular complexity index is 263. The van der Waals surface area contributed by atoms with E-state index in [1.807, 2.05) is 16.7 Å². The van der Waals surface area contributed by atoms with Crippen LogP contribution in [0.5, 0.6) is 0 Å². The molecule has 0 aromatic heterocycles. The van der Waals surface area contributed by atoms with Crippen molar-refractivity contribution in [3.8, 4) is 0 Å². The summed E-state index contributed by atoms with van der Waals surface area (Å²) in [6, 6.07) is -0.323. The van der Waals surface area contributed by atoms with Crippen LogP contribution in [0.2, 0.25) is 0 Å². The van der Waals surface area contributed by atoms with Gasteiger partial charge in [0.25, 0.3) is 0 Å². The zero-order valence-electron chi connectivity index (χ0n) is 11.9. The van der Waals surface area contributed by atoms with Crippen LogP contribution in [-0.4, -0.2) is 40.9 Å². The fourth-order valence-corrected chi connectivity index (χ4v) is 3.29. The molecule has 0 aliphatic carbocycles. The van der Waals surface area contributed by atoms with Gasteiger partial charge in [-0.3, -0.25) is 4.79 Å². The summed E-state index contributed by atoms with van der Waals surface area (Å²) in [5.41, 5.74) is 6.03. The second-order valence-electron chi connectivity index (χ2n) is 5.35. The Kier molecular flexibility index (Phi) is 8.31. The van der Waals surface area contributed by atoms with Crippen molar-refractivity contribution in [2.45, 2.75) is 45.4 Å². The molecule has 0 radical (unpaired) electrons. The van der Waals surface area contributed by atoms with Crippen molar-refractivity contribution >= 4 is 30.1 Å². The van der Waals surface area contributed by atoms with E-state index in [9.17, 15) is 4.79 Å². The highest BCUT2D eigenvalue weighted by molar-refractivity contribution is 8.00. The van der Waals surface area contributed by atoms with Crippen LogP contribution in [0, 0.1) is 11.8 Å². The van der Waals surface area contributed by atoms with Crippen LogP contribution in [-0.2, 0) is 4.79 Å². The molecular formula is C13H27ClN2OS. The largest absolute Gasteiger partial charge is 0.339 e. The van der Waals surface area contributed by atoms with Crippen LogP contribution in [0.1, 0.15) is 34.1 Å². The molecule has 0 aromatic rings. The summed E-state index contributed by atoms with van der Waals surface area (Å²) in [6.45, 7) is 10.3. The first-order chi connectivity index (χ1) is 7.97. The van der Waals surface area contributed by atoms with E-state index < -0.39 is 0 Å². The third-order valence-electron chi connectivity index (χ3n) is 3.69. The van der Waals surface area contributed by atoms with Gasteiger partial charge in [0.15, 0.2) is 0 Å². The number of nitrogens with zero attached hydrogens (tertiary/aromatic N) is 1. The zero-order chi connectivity index (χ0) is 13.0. The molecule has 1 fully saturated rings. The van der Waals surface area contributed by atoms with Gasteiger partial charge in [0.1, 0.15) is 0 Å². The van der Waals surface area contributed by atoms with Gasteiger partial charge in [-0.15, -0.1) is 12.4 Å². The molecule has 0 bridgehead atoms. The summed E-state index contributed by atoms with van der Waals surface area (Å²) in [6.07, 6.45) is 0.961. The SMILES string of the molecule is CCC(C)C(N)C(=O)N1CCSC(C(C)C)C1.Cl. The Labute approximate surface area is 122 Å². The highest BCUT2D eigenvalue weighted by Crippen LogP contribution is 2.25. The van der Waals surface area contributed by atoms with Gasteiger partial charge >= 0.3 is 0 Å². The fraction of sp³-hybridized carbons (Fsp3) is 0.923. The molecule has 3 unspecified atom stereocenters. The second kappa shape index (κ2) is 8.28. The highest BCUT2D eigenvalue weighted by Gasteiger charge is 2.30. The van der Waals surface area contributed by atoms with E-state index in [1.165, 1.54) is 0 Å². The Morgan fingerprint density at radius 2 is 2.06 bits per heavy atom. The lowest BCUT2D eigenvalue weighted by Crippen LogP contribution is -2.52. The van der Waals surface area contributed by atoms with E-state index in [1.54, 1.807) is 0 Å². The fourth-order valence-electron chi connectivity index (χ4n) is 1.99. The standard InChI is InChI=1S/C13H26N2OS.ClH/c1-5-10(4)12(14)13(16)15-6-7-17-11(8-15)9(2)3;/h9-12H,5-8,14H2,1-4H3;1H.